The average Bonchev–Trinajstić information content (AvgIpc) is 3.07. The van der Waals surface area contributed by atoms with Crippen molar-refractivity contribution in [2.75, 3.05) is 6.54 Å². The number of benzene rings is 1. The number of para-hydroxylation sites is 1. The largest absolute Gasteiger partial charge is 0.329 e. The first-order chi connectivity index (χ1) is 12.1. The molecular weight excluding hydrogens is 334 g/mol. The first-order valence-corrected chi connectivity index (χ1v) is 9.28. The summed E-state index contributed by atoms with van der Waals surface area (Å²) in [5.74, 6) is -0.0818. The van der Waals surface area contributed by atoms with E-state index >= 15 is 0 Å². The van der Waals surface area contributed by atoms with Crippen LogP contribution in [0.3, 0.4) is 0 Å². The zero-order valence-corrected chi connectivity index (χ0v) is 14.8. The summed E-state index contributed by atoms with van der Waals surface area (Å²) in [6, 6.07) is 11.2. The highest BCUT2D eigenvalue weighted by Gasteiger charge is 2.31. The van der Waals surface area contributed by atoms with E-state index in [0.717, 1.165) is 34.5 Å². The van der Waals surface area contributed by atoms with Crippen molar-refractivity contribution in [3.8, 4) is 0 Å². The molecule has 5 nitrogen and oxygen atoms in total. The van der Waals surface area contributed by atoms with Crippen molar-refractivity contribution in [3.63, 3.8) is 0 Å². The minimum absolute atomic E-state index is 0.0114. The lowest BCUT2D eigenvalue weighted by atomic mass is 10.0. The third kappa shape index (κ3) is 2.98. The third-order valence-corrected chi connectivity index (χ3v) is 5.85. The first kappa shape index (κ1) is 16.0. The second-order valence-corrected chi connectivity index (χ2v) is 7.46. The molecule has 3 aromatic rings. The SMILES string of the molecule is Cn1ccc(C(=O)N2CCCCC2c2nc3ccccc3s2)cc1=O. The topological polar surface area (TPSA) is 55.2 Å². The molecular formula is C19H19N3O2S. The Morgan fingerprint density at radius 1 is 1.24 bits per heavy atom. The summed E-state index contributed by atoms with van der Waals surface area (Å²) in [6.45, 7) is 0.703. The quantitative estimate of drug-likeness (QED) is 0.710. The van der Waals surface area contributed by atoms with E-state index in [4.69, 9.17) is 4.98 Å². The molecule has 1 atom stereocenters. The summed E-state index contributed by atoms with van der Waals surface area (Å²) in [6.07, 6.45) is 4.63. The highest BCUT2D eigenvalue weighted by molar-refractivity contribution is 7.18. The molecule has 128 valence electrons. The van der Waals surface area contributed by atoms with Gasteiger partial charge < -0.3 is 9.47 Å². The second-order valence-electron chi connectivity index (χ2n) is 6.39. The zero-order chi connectivity index (χ0) is 17.4. The van der Waals surface area contributed by atoms with Crippen LogP contribution in [0, 0.1) is 0 Å². The van der Waals surface area contributed by atoms with E-state index < -0.39 is 0 Å². The predicted molar refractivity (Wildman–Crippen MR) is 98.9 cm³/mol. The van der Waals surface area contributed by atoms with Gasteiger partial charge in [0, 0.05) is 31.4 Å². The van der Waals surface area contributed by atoms with Crippen LogP contribution in [0.2, 0.25) is 0 Å². The fourth-order valence-corrected chi connectivity index (χ4v) is 4.43. The lowest BCUT2D eigenvalue weighted by Gasteiger charge is -2.34. The van der Waals surface area contributed by atoms with Crippen LogP contribution in [0.5, 0.6) is 0 Å². The molecule has 1 aliphatic heterocycles. The van der Waals surface area contributed by atoms with Gasteiger partial charge in [-0.2, -0.15) is 0 Å². The van der Waals surface area contributed by atoms with Gasteiger partial charge in [-0.3, -0.25) is 9.59 Å². The van der Waals surface area contributed by atoms with Gasteiger partial charge in [-0.25, -0.2) is 4.98 Å². The summed E-state index contributed by atoms with van der Waals surface area (Å²) in [5, 5.41) is 0.984. The van der Waals surface area contributed by atoms with Crippen molar-refractivity contribution < 1.29 is 4.79 Å². The molecule has 25 heavy (non-hydrogen) atoms. The van der Waals surface area contributed by atoms with Crippen molar-refractivity contribution in [3.05, 3.63) is 63.5 Å². The highest BCUT2D eigenvalue weighted by atomic mass is 32.1. The number of rotatable bonds is 2. The van der Waals surface area contributed by atoms with E-state index in [0.29, 0.717) is 12.1 Å². The number of likely N-dealkylation sites (tertiary alicyclic amines) is 1. The summed E-state index contributed by atoms with van der Waals surface area (Å²) >= 11 is 1.65. The van der Waals surface area contributed by atoms with Gasteiger partial charge >= 0.3 is 0 Å². The monoisotopic (exact) mass is 353 g/mol. The molecule has 1 fully saturated rings. The van der Waals surface area contributed by atoms with Crippen LogP contribution < -0.4 is 5.56 Å². The number of aromatic nitrogens is 2. The minimum atomic E-state index is -0.167. The van der Waals surface area contributed by atoms with Crippen LogP contribution >= 0.6 is 11.3 Å². The normalized spacial score (nSPS) is 17.8. The standard InChI is InChI=1S/C19H19N3O2S/c1-21-11-9-13(12-17(21)23)19(24)22-10-5-4-7-15(22)18-20-14-6-2-3-8-16(14)25-18/h2-3,6,8-9,11-12,15H,4-5,7,10H2,1H3. The Bertz CT molecular complexity index is 958. The van der Waals surface area contributed by atoms with Crippen molar-refractivity contribution in [1.82, 2.24) is 14.5 Å². The van der Waals surface area contributed by atoms with E-state index in [9.17, 15) is 9.59 Å². The highest BCUT2D eigenvalue weighted by Crippen LogP contribution is 2.36. The van der Waals surface area contributed by atoms with Gasteiger partial charge in [-0.15, -0.1) is 11.3 Å². The minimum Gasteiger partial charge on any atom is -0.329 e. The number of amides is 1. The molecule has 3 heterocycles. The Morgan fingerprint density at radius 3 is 2.88 bits per heavy atom. The number of aryl methyl sites for hydroxylation is 1. The molecule has 0 radical (unpaired) electrons. The predicted octanol–water partition coefficient (Wildman–Crippen LogP) is 3.36. The molecule has 0 aliphatic carbocycles. The average molecular weight is 353 g/mol. The molecule has 2 aromatic heterocycles. The summed E-state index contributed by atoms with van der Waals surface area (Å²) < 4.78 is 2.61. The third-order valence-electron chi connectivity index (χ3n) is 4.71. The Hall–Kier alpha value is -2.47. The Balaban J connectivity index is 1.69. The van der Waals surface area contributed by atoms with Crippen LogP contribution in [0.1, 0.15) is 40.7 Å². The van der Waals surface area contributed by atoms with Crippen LogP contribution in [0.4, 0.5) is 0 Å². The maximum atomic E-state index is 13.0. The second kappa shape index (κ2) is 6.44. The van der Waals surface area contributed by atoms with Crippen molar-refractivity contribution >= 4 is 27.5 Å². The van der Waals surface area contributed by atoms with Gasteiger partial charge in [0.15, 0.2) is 0 Å². The Kier molecular flexibility index (Phi) is 4.13. The number of fused-ring (bicyclic) bond motifs is 1. The van der Waals surface area contributed by atoms with Crippen LogP contribution in [-0.4, -0.2) is 26.9 Å². The van der Waals surface area contributed by atoms with Crippen molar-refractivity contribution in [2.24, 2.45) is 7.05 Å². The zero-order valence-electron chi connectivity index (χ0n) is 14.0. The number of nitrogens with zero attached hydrogens (tertiary/aromatic N) is 3. The number of carbonyl (C=O) groups is 1. The molecule has 4 rings (SSSR count). The van der Waals surface area contributed by atoms with E-state index in [-0.39, 0.29) is 17.5 Å². The molecule has 0 saturated carbocycles. The van der Waals surface area contributed by atoms with Crippen LogP contribution in [0.15, 0.2) is 47.4 Å². The fourth-order valence-electron chi connectivity index (χ4n) is 3.31. The van der Waals surface area contributed by atoms with Gasteiger partial charge in [-0.05, 0) is 37.5 Å². The van der Waals surface area contributed by atoms with Gasteiger partial charge in [0.1, 0.15) is 5.01 Å². The summed E-state index contributed by atoms with van der Waals surface area (Å²) in [4.78, 5) is 31.5. The number of hydrogen-bond donors (Lipinski definition) is 0. The van der Waals surface area contributed by atoms with Crippen molar-refractivity contribution in [1.29, 1.82) is 0 Å². The van der Waals surface area contributed by atoms with Gasteiger partial charge in [-0.1, -0.05) is 12.1 Å². The number of thiazole rings is 1. The molecule has 1 aromatic carbocycles. The maximum Gasteiger partial charge on any atom is 0.254 e. The molecule has 0 N–H and O–H groups in total. The van der Waals surface area contributed by atoms with E-state index in [1.165, 1.54) is 10.6 Å². The van der Waals surface area contributed by atoms with Gasteiger partial charge in [0.05, 0.1) is 16.3 Å². The first-order valence-electron chi connectivity index (χ1n) is 8.46. The van der Waals surface area contributed by atoms with Gasteiger partial charge in [0.2, 0.25) is 0 Å². The molecule has 0 bridgehead atoms. The fraction of sp³-hybridized carbons (Fsp3) is 0.316. The lowest BCUT2D eigenvalue weighted by Crippen LogP contribution is -2.39. The molecule has 0 spiro atoms. The number of piperidine rings is 1. The maximum absolute atomic E-state index is 13.0. The molecule has 1 saturated heterocycles. The Morgan fingerprint density at radius 2 is 2.08 bits per heavy atom. The summed E-state index contributed by atoms with van der Waals surface area (Å²) in [7, 11) is 1.68. The summed E-state index contributed by atoms with van der Waals surface area (Å²) in [5.41, 5.74) is 1.27. The van der Waals surface area contributed by atoms with E-state index in [2.05, 4.69) is 6.07 Å². The van der Waals surface area contributed by atoms with E-state index in [1.54, 1.807) is 30.6 Å². The molecule has 1 amide bonds. The molecule has 6 heteroatoms. The smallest absolute Gasteiger partial charge is 0.254 e. The number of hydrogen-bond acceptors (Lipinski definition) is 4. The Labute approximate surface area is 149 Å². The molecule has 1 aliphatic rings. The number of pyridine rings is 1. The van der Waals surface area contributed by atoms with Crippen LogP contribution in [-0.2, 0) is 7.05 Å². The van der Waals surface area contributed by atoms with Crippen molar-refractivity contribution in [2.45, 2.75) is 25.3 Å². The number of carbonyl (C=O) groups excluding carboxylic acids is 1. The van der Waals surface area contributed by atoms with Gasteiger partial charge in [0.25, 0.3) is 11.5 Å². The van der Waals surface area contributed by atoms with Crippen LogP contribution in [0.25, 0.3) is 10.2 Å². The molecule has 1 unspecified atom stereocenters. The van der Waals surface area contributed by atoms with E-state index in [1.807, 2.05) is 23.1 Å². The lowest BCUT2D eigenvalue weighted by molar-refractivity contribution is 0.0611.